The molecule has 0 amide bonds. The Hall–Kier alpha value is -3.59. The first-order valence-corrected chi connectivity index (χ1v) is 10.7. The summed E-state index contributed by atoms with van der Waals surface area (Å²) in [7, 11) is 0. The summed E-state index contributed by atoms with van der Waals surface area (Å²) >= 11 is 1.19. The zero-order valence-corrected chi connectivity index (χ0v) is 18.1. The van der Waals surface area contributed by atoms with Crippen LogP contribution in [-0.4, -0.2) is 31.9 Å². The highest BCUT2D eigenvalue weighted by molar-refractivity contribution is 7.98. The van der Waals surface area contributed by atoms with E-state index in [1.54, 1.807) is 6.26 Å². The van der Waals surface area contributed by atoms with E-state index in [1.807, 2.05) is 32.0 Å². The monoisotopic (exact) mass is 453 g/mol. The van der Waals surface area contributed by atoms with Crippen LogP contribution in [0.1, 0.15) is 21.5 Å². The molecule has 2 aromatic heterocycles. The van der Waals surface area contributed by atoms with Gasteiger partial charge in [0.1, 0.15) is 22.9 Å². The Morgan fingerprint density at radius 3 is 2.38 bits per heavy atom. The summed E-state index contributed by atoms with van der Waals surface area (Å²) < 4.78 is 30.1. The molecule has 162 valence electrons. The maximum atomic E-state index is 14.7. The van der Waals surface area contributed by atoms with E-state index in [1.165, 1.54) is 11.8 Å². The number of para-hydroxylation sites is 1. The normalized spacial score (nSPS) is 11.2. The molecule has 0 saturated carbocycles. The van der Waals surface area contributed by atoms with E-state index >= 15 is 0 Å². The number of rotatable bonds is 4. The van der Waals surface area contributed by atoms with Gasteiger partial charge in [0.05, 0.1) is 5.69 Å². The molecule has 4 aromatic rings. The average Bonchev–Trinajstić information content (AvgIpc) is 2.75. The molecular formula is C23H17F2N3O3S. The highest BCUT2D eigenvalue weighted by Crippen LogP contribution is 2.32. The van der Waals surface area contributed by atoms with Crippen molar-refractivity contribution >= 4 is 28.8 Å². The number of carboxylic acids is 1. The first-order chi connectivity index (χ1) is 15.2. The highest BCUT2D eigenvalue weighted by Gasteiger charge is 2.24. The standard InChI is InChI=1S/C23H17F2N3O3S/c1-11-7-8-12(2)13(9-11)18-14-10-15(22(30)31)21(29)28(20(14)27-23(26-18)32-3)19-16(24)5-4-6-17(19)25/h4-10H,1-3H3,(H,30,31). The summed E-state index contributed by atoms with van der Waals surface area (Å²) in [6.07, 6.45) is 1.73. The van der Waals surface area contributed by atoms with Crippen LogP contribution in [0.3, 0.4) is 0 Å². The fraction of sp³-hybridized carbons (Fsp3) is 0.130. The number of carboxylic acid groups (broad SMARTS) is 1. The van der Waals surface area contributed by atoms with E-state index in [4.69, 9.17) is 0 Å². The van der Waals surface area contributed by atoms with E-state index < -0.39 is 34.4 Å². The molecule has 0 bridgehead atoms. The van der Waals surface area contributed by atoms with E-state index in [0.717, 1.165) is 35.4 Å². The maximum absolute atomic E-state index is 14.7. The summed E-state index contributed by atoms with van der Waals surface area (Å²) in [5.74, 6) is -3.56. The van der Waals surface area contributed by atoms with Crippen LogP contribution in [0.25, 0.3) is 28.0 Å². The number of benzene rings is 2. The fourth-order valence-electron chi connectivity index (χ4n) is 3.51. The van der Waals surface area contributed by atoms with Crippen LogP contribution in [-0.2, 0) is 0 Å². The topological polar surface area (TPSA) is 85.1 Å². The van der Waals surface area contributed by atoms with Gasteiger partial charge in [0.25, 0.3) is 5.56 Å². The number of aromatic carboxylic acids is 1. The molecule has 2 aromatic carbocycles. The number of hydrogen-bond donors (Lipinski definition) is 1. The lowest BCUT2D eigenvalue weighted by Gasteiger charge is -2.16. The number of halogens is 2. The number of hydrogen-bond acceptors (Lipinski definition) is 5. The molecule has 0 aliphatic heterocycles. The highest BCUT2D eigenvalue weighted by atomic mass is 32.2. The summed E-state index contributed by atoms with van der Waals surface area (Å²) in [5.41, 5.74) is 0.350. The van der Waals surface area contributed by atoms with Gasteiger partial charge in [-0.2, -0.15) is 0 Å². The number of thioether (sulfide) groups is 1. The first-order valence-electron chi connectivity index (χ1n) is 9.50. The Balaban J connectivity index is 2.27. The van der Waals surface area contributed by atoms with Crippen LogP contribution in [0.2, 0.25) is 0 Å². The summed E-state index contributed by atoms with van der Waals surface area (Å²) in [4.78, 5) is 33.8. The van der Waals surface area contributed by atoms with Gasteiger partial charge in [-0.1, -0.05) is 35.5 Å². The molecule has 0 saturated heterocycles. The quantitative estimate of drug-likeness (QED) is 0.354. The lowest BCUT2D eigenvalue weighted by molar-refractivity contribution is 0.0694. The van der Waals surface area contributed by atoms with Crippen molar-refractivity contribution in [1.29, 1.82) is 0 Å². The van der Waals surface area contributed by atoms with Crippen LogP contribution in [0, 0.1) is 25.5 Å². The Labute approximate surface area is 185 Å². The van der Waals surface area contributed by atoms with Crippen molar-refractivity contribution in [3.05, 3.63) is 81.1 Å². The Bertz CT molecular complexity index is 1450. The van der Waals surface area contributed by atoms with Crippen molar-refractivity contribution in [2.24, 2.45) is 0 Å². The van der Waals surface area contributed by atoms with Crippen LogP contribution < -0.4 is 5.56 Å². The van der Waals surface area contributed by atoms with E-state index in [2.05, 4.69) is 9.97 Å². The molecule has 0 fully saturated rings. The third-order valence-electron chi connectivity index (χ3n) is 5.06. The molecule has 32 heavy (non-hydrogen) atoms. The van der Waals surface area contributed by atoms with Gasteiger partial charge < -0.3 is 5.11 Å². The molecule has 0 aliphatic carbocycles. The molecule has 6 nitrogen and oxygen atoms in total. The number of aryl methyl sites for hydroxylation is 2. The van der Waals surface area contributed by atoms with Crippen molar-refractivity contribution in [1.82, 2.24) is 14.5 Å². The Morgan fingerprint density at radius 2 is 1.75 bits per heavy atom. The molecule has 0 spiro atoms. The van der Waals surface area contributed by atoms with Gasteiger partial charge in [-0.15, -0.1) is 0 Å². The second-order valence-electron chi connectivity index (χ2n) is 7.19. The number of pyridine rings is 1. The van der Waals surface area contributed by atoms with Crippen molar-refractivity contribution in [2.45, 2.75) is 19.0 Å². The molecule has 2 heterocycles. The zero-order chi connectivity index (χ0) is 23.2. The lowest BCUT2D eigenvalue weighted by atomic mass is 10.00. The molecule has 0 unspecified atom stereocenters. The van der Waals surface area contributed by atoms with Crippen molar-refractivity contribution < 1.29 is 18.7 Å². The molecular weight excluding hydrogens is 436 g/mol. The molecule has 1 N–H and O–H groups in total. The molecule has 0 aliphatic rings. The Kier molecular flexibility index (Phi) is 5.52. The Morgan fingerprint density at radius 1 is 1.06 bits per heavy atom. The number of aromatic nitrogens is 3. The van der Waals surface area contributed by atoms with Gasteiger partial charge in [0, 0.05) is 10.9 Å². The fourth-order valence-corrected chi connectivity index (χ4v) is 3.87. The van der Waals surface area contributed by atoms with Gasteiger partial charge in [-0.3, -0.25) is 9.36 Å². The molecule has 0 atom stereocenters. The van der Waals surface area contributed by atoms with Gasteiger partial charge in [0.15, 0.2) is 10.8 Å². The van der Waals surface area contributed by atoms with Crippen LogP contribution in [0.4, 0.5) is 8.78 Å². The minimum absolute atomic E-state index is 0.0840. The van der Waals surface area contributed by atoms with Gasteiger partial charge >= 0.3 is 5.97 Å². The van der Waals surface area contributed by atoms with Crippen LogP contribution in [0.5, 0.6) is 0 Å². The summed E-state index contributed by atoms with van der Waals surface area (Å²) in [6.45, 7) is 3.77. The third kappa shape index (κ3) is 3.54. The smallest absolute Gasteiger partial charge is 0.341 e. The van der Waals surface area contributed by atoms with Crippen molar-refractivity contribution in [2.75, 3.05) is 6.26 Å². The predicted molar refractivity (Wildman–Crippen MR) is 119 cm³/mol. The van der Waals surface area contributed by atoms with Gasteiger partial charge in [-0.05, 0) is 49.9 Å². The number of fused-ring (bicyclic) bond motifs is 1. The summed E-state index contributed by atoms with van der Waals surface area (Å²) in [5, 5.41) is 10.1. The predicted octanol–water partition coefficient (Wildman–Crippen LogP) is 4.76. The number of nitrogens with zero attached hydrogens (tertiary/aromatic N) is 3. The van der Waals surface area contributed by atoms with Crippen molar-refractivity contribution in [3.8, 4) is 16.9 Å². The average molecular weight is 453 g/mol. The van der Waals surface area contributed by atoms with E-state index in [9.17, 15) is 23.5 Å². The molecule has 0 radical (unpaired) electrons. The minimum Gasteiger partial charge on any atom is -0.477 e. The van der Waals surface area contributed by atoms with Gasteiger partial charge in [-0.25, -0.2) is 23.5 Å². The summed E-state index contributed by atoms with van der Waals surface area (Å²) in [6, 6.07) is 10.00. The molecule has 4 rings (SSSR count). The number of carbonyl (C=O) groups is 1. The largest absolute Gasteiger partial charge is 0.477 e. The van der Waals surface area contributed by atoms with E-state index in [0.29, 0.717) is 15.8 Å². The van der Waals surface area contributed by atoms with Crippen LogP contribution in [0.15, 0.2) is 52.4 Å². The van der Waals surface area contributed by atoms with Gasteiger partial charge in [0.2, 0.25) is 0 Å². The first kappa shape index (κ1) is 21.6. The van der Waals surface area contributed by atoms with Crippen LogP contribution >= 0.6 is 11.8 Å². The lowest BCUT2D eigenvalue weighted by Crippen LogP contribution is -2.28. The molecule has 9 heteroatoms. The zero-order valence-electron chi connectivity index (χ0n) is 17.3. The van der Waals surface area contributed by atoms with Crippen molar-refractivity contribution in [3.63, 3.8) is 0 Å². The second-order valence-corrected chi connectivity index (χ2v) is 7.96. The minimum atomic E-state index is -1.52. The second kappa shape index (κ2) is 8.16. The third-order valence-corrected chi connectivity index (χ3v) is 5.61. The maximum Gasteiger partial charge on any atom is 0.341 e. The SMILES string of the molecule is CSc1nc(-c2cc(C)ccc2C)c2cc(C(=O)O)c(=O)n(-c3c(F)cccc3F)c2n1. The van der Waals surface area contributed by atoms with E-state index in [-0.39, 0.29) is 16.2 Å².